The summed E-state index contributed by atoms with van der Waals surface area (Å²) in [5.74, 6) is -2.18. The lowest BCUT2D eigenvalue weighted by Crippen LogP contribution is -2.35. The third kappa shape index (κ3) is 4.71. The molecule has 0 aromatic carbocycles. The van der Waals surface area contributed by atoms with Crippen LogP contribution in [0.25, 0.3) is 0 Å². The largest absolute Gasteiger partial charge is 0.479 e. The maximum Gasteiger partial charge on any atom is 0.422 e. The minimum Gasteiger partial charge on any atom is -0.479 e. The van der Waals surface area contributed by atoms with Gasteiger partial charge >= 0.3 is 12.1 Å². The molecule has 0 saturated carbocycles. The number of nitrogens with one attached hydrogen (secondary N) is 1. The molecular formula is C15H15F3N4O4. The fourth-order valence-corrected chi connectivity index (χ4v) is 1.76. The zero-order valence-electron chi connectivity index (χ0n) is 13.7. The Kier molecular flexibility index (Phi) is 5.19. The van der Waals surface area contributed by atoms with Gasteiger partial charge in [-0.15, -0.1) is 0 Å². The number of rotatable bonds is 6. The molecule has 2 aromatic heterocycles. The Labute approximate surface area is 145 Å². The van der Waals surface area contributed by atoms with E-state index in [1.165, 1.54) is 44.4 Å². The van der Waals surface area contributed by atoms with Crippen LogP contribution in [0.4, 0.5) is 18.9 Å². The molecule has 0 aliphatic carbocycles. The number of ether oxygens (including phenoxy) is 1. The molecule has 0 spiro atoms. The highest BCUT2D eigenvalue weighted by atomic mass is 19.4. The van der Waals surface area contributed by atoms with Crippen molar-refractivity contribution >= 4 is 17.6 Å². The van der Waals surface area contributed by atoms with Gasteiger partial charge in [0.05, 0.1) is 11.9 Å². The van der Waals surface area contributed by atoms with Crippen LogP contribution in [0.5, 0.6) is 5.88 Å². The molecule has 0 radical (unpaired) electrons. The third-order valence-corrected chi connectivity index (χ3v) is 3.28. The number of aliphatic carboxylic acids is 1. The van der Waals surface area contributed by atoms with Crippen molar-refractivity contribution in [3.63, 3.8) is 0 Å². The second kappa shape index (κ2) is 7.02. The summed E-state index contributed by atoms with van der Waals surface area (Å²) in [6.45, 7) is 1.33. The maximum absolute atomic E-state index is 12.2. The zero-order chi connectivity index (χ0) is 19.5. The summed E-state index contributed by atoms with van der Waals surface area (Å²) in [7, 11) is 0. The lowest BCUT2D eigenvalue weighted by Gasteiger charge is -2.19. The first kappa shape index (κ1) is 19.2. The summed E-state index contributed by atoms with van der Waals surface area (Å²) in [6.07, 6.45) is -1.96. The minimum absolute atomic E-state index is 0.171. The van der Waals surface area contributed by atoms with Crippen LogP contribution in [-0.4, -0.2) is 44.5 Å². The van der Waals surface area contributed by atoms with Crippen LogP contribution in [0.1, 0.15) is 24.3 Å². The van der Waals surface area contributed by atoms with E-state index in [2.05, 4.69) is 20.1 Å². The molecule has 1 amide bonds. The summed E-state index contributed by atoms with van der Waals surface area (Å²) in [6, 6.07) is 3.81. The van der Waals surface area contributed by atoms with Gasteiger partial charge in [0, 0.05) is 12.3 Å². The van der Waals surface area contributed by atoms with Gasteiger partial charge in [0.25, 0.3) is 5.91 Å². The molecule has 2 heterocycles. The minimum atomic E-state index is -4.52. The van der Waals surface area contributed by atoms with Crippen molar-refractivity contribution in [3.8, 4) is 5.88 Å². The third-order valence-electron chi connectivity index (χ3n) is 3.28. The number of carbonyl (C=O) groups is 2. The van der Waals surface area contributed by atoms with Crippen molar-refractivity contribution in [1.29, 1.82) is 0 Å². The van der Waals surface area contributed by atoms with E-state index in [0.29, 0.717) is 0 Å². The molecule has 2 rings (SSSR count). The van der Waals surface area contributed by atoms with Crippen LogP contribution in [0.2, 0.25) is 0 Å². The SMILES string of the molecule is CC(C)(C(=O)O)n1cc(NC(=O)c2cccc(OCC(F)(F)F)n2)cn1. The quantitative estimate of drug-likeness (QED) is 0.806. The van der Waals surface area contributed by atoms with E-state index in [9.17, 15) is 22.8 Å². The van der Waals surface area contributed by atoms with Gasteiger partial charge < -0.3 is 15.2 Å². The van der Waals surface area contributed by atoms with Gasteiger partial charge in [-0.1, -0.05) is 6.07 Å². The number of halogens is 3. The first-order valence-corrected chi connectivity index (χ1v) is 7.25. The Bertz CT molecular complexity index is 817. The van der Waals surface area contributed by atoms with Crippen molar-refractivity contribution in [2.75, 3.05) is 11.9 Å². The molecule has 0 atom stereocenters. The molecule has 8 nitrogen and oxygen atoms in total. The van der Waals surface area contributed by atoms with E-state index in [1.807, 2.05) is 0 Å². The van der Waals surface area contributed by atoms with E-state index >= 15 is 0 Å². The van der Waals surface area contributed by atoms with E-state index in [4.69, 9.17) is 5.11 Å². The number of hydrogen-bond donors (Lipinski definition) is 2. The smallest absolute Gasteiger partial charge is 0.422 e. The molecule has 140 valence electrons. The summed E-state index contributed by atoms with van der Waals surface area (Å²) in [5.41, 5.74) is -1.30. The molecule has 0 unspecified atom stereocenters. The number of pyridine rings is 1. The van der Waals surface area contributed by atoms with E-state index in [-0.39, 0.29) is 17.3 Å². The first-order chi connectivity index (χ1) is 12.0. The average Bonchev–Trinajstić information content (AvgIpc) is 3.01. The van der Waals surface area contributed by atoms with Gasteiger partial charge in [0.2, 0.25) is 5.88 Å². The van der Waals surface area contributed by atoms with Gasteiger partial charge in [0.1, 0.15) is 5.69 Å². The number of carboxylic acids is 1. The van der Waals surface area contributed by atoms with Crippen molar-refractivity contribution in [3.05, 3.63) is 36.3 Å². The van der Waals surface area contributed by atoms with Crippen LogP contribution in [-0.2, 0) is 10.3 Å². The Morgan fingerprint density at radius 2 is 2.00 bits per heavy atom. The van der Waals surface area contributed by atoms with Crippen LogP contribution in [0.15, 0.2) is 30.6 Å². The van der Waals surface area contributed by atoms with Crippen LogP contribution in [0.3, 0.4) is 0 Å². The van der Waals surface area contributed by atoms with Gasteiger partial charge in [-0.05, 0) is 19.9 Å². The van der Waals surface area contributed by atoms with Crippen molar-refractivity contribution in [2.45, 2.75) is 25.6 Å². The maximum atomic E-state index is 12.2. The molecule has 0 fully saturated rings. The highest BCUT2D eigenvalue weighted by Gasteiger charge is 2.30. The normalized spacial score (nSPS) is 11.9. The van der Waals surface area contributed by atoms with Gasteiger partial charge in [-0.3, -0.25) is 9.48 Å². The first-order valence-electron chi connectivity index (χ1n) is 7.25. The molecule has 2 aromatic rings. The fourth-order valence-electron chi connectivity index (χ4n) is 1.76. The second-order valence-corrected chi connectivity index (χ2v) is 5.76. The molecule has 11 heteroatoms. The number of hydrogen-bond acceptors (Lipinski definition) is 5. The molecule has 0 aliphatic heterocycles. The molecule has 2 N–H and O–H groups in total. The number of nitrogens with zero attached hydrogens (tertiary/aromatic N) is 3. The lowest BCUT2D eigenvalue weighted by atomic mass is 10.1. The summed E-state index contributed by atoms with van der Waals surface area (Å²) in [5, 5.41) is 15.5. The van der Waals surface area contributed by atoms with Gasteiger partial charge in [-0.25, -0.2) is 9.78 Å². The Balaban J connectivity index is 2.09. The molecule has 0 bridgehead atoms. The van der Waals surface area contributed by atoms with Gasteiger partial charge in [0.15, 0.2) is 12.1 Å². The van der Waals surface area contributed by atoms with Gasteiger partial charge in [-0.2, -0.15) is 18.3 Å². The Morgan fingerprint density at radius 1 is 1.31 bits per heavy atom. The number of alkyl halides is 3. The highest BCUT2D eigenvalue weighted by molar-refractivity contribution is 6.02. The molecule has 26 heavy (non-hydrogen) atoms. The fraction of sp³-hybridized carbons (Fsp3) is 0.333. The van der Waals surface area contributed by atoms with Crippen molar-refractivity contribution in [2.24, 2.45) is 0 Å². The Morgan fingerprint density at radius 3 is 2.62 bits per heavy atom. The van der Waals surface area contributed by atoms with E-state index < -0.39 is 30.2 Å². The number of aromatic nitrogens is 3. The summed E-state index contributed by atoms with van der Waals surface area (Å²) in [4.78, 5) is 27.0. The van der Waals surface area contributed by atoms with Crippen LogP contribution >= 0.6 is 0 Å². The average molecular weight is 372 g/mol. The van der Waals surface area contributed by atoms with E-state index in [1.54, 1.807) is 0 Å². The van der Waals surface area contributed by atoms with E-state index in [0.717, 1.165) is 4.68 Å². The number of anilines is 1. The predicted octanol–water partition coefficient (Wildman–Crippen LogP) is 2.29. The number of carboxylic acid groups (broad SMARTS) is 1. The van der Waals surface area contributed by atoms with Crippen LogP contribution in [0, 0.1) is 0 Å². The standard InChI is InChI=1S/C15H15F3N4O4/c1-14(2,13(24)25)22-7-9(6-19-22)20-12(23)10-4-3-5-11(21-10)26-8-15(16,17)18/h3-7H,8H2,1-2H3,(H,20,23)(H,24,25). The predicted molar refractivity (Wildman–Crippen MR) is 82.9 cm³/mol. The monoisotopic (exact) mass is 372 g/mol. The molecule has 0 aliphatic rings. The highest BCUT2D eigenvalue weighted by Crippen LogP contribution is 2.19. The van der Waals surface area contributed by atoms with Crippen molar-refractivity contribution in [1.82, 2.24) is 14.8 Å². The number of carbonyl (C=O) groups excluding carboxylic acids is 1. The number of amides is 1. The molecule has 0 saturated heterocycles. The van der Waals surface area contributed by atoms with Crippen molar-refractivity contribution < 1.29 is 32.6 Å². The Hall–Kier alpha value is -3.11. The van der Waals surface area contributed by atoms with Crippen LogP contribution < -0.4 is 10.1 Å². The second-order valence-electron chi connectivity index (χ2n) is 5.76. The summed E-state index contributed by atoms with van der Waals surface area (Å²) >= 11 is 0. The zero-order valence-corrected chi connectivity index (χ0v) is 13.7. The molecular weight excluding hydrogens is 357 g/mol. The topological polar surface area (TPSA) is 106 Å². The summed E-state index contributed by atoms with van der Waals surface area (Å²) < 4.78 is 42.1. The lowest BCUT2D eigenvalue weighted by molar-refractivity contribution is -0.154.